The summed E-state index contributed by atoms with van der Waals surface area (Å²) in [6.07, 6.45) is 1.85. The lowest BCUT2D eigenvalue weighted by Gasteiger charge is -2.26. The SMILES string of the molecule is CC[C@@H](NC(=O)CN(c1c(C)cccc1C)S(C)(=O)=O)c1ccc(C)cc1. The zero-order chi connectivity index (χ0) is 20.2. The molecule has 146 valence electrons. The van der Waals surface area contributed by atoms with Crippen LogP contribution in [0.4, 0.5) is 5.69 Å². The summed E-state index contributed by atoms with van der Waals surface area (Å²) in [5.74, 6) is -0.324. The molecule has 0 radical (unpaired) electrons. The Morgan fingerprint density at radius 3 is 2.07 bits per heavy atom. The molecule has 1 N–H and O–H groups in total. The van der Waals surface area contributed by atoms with E-state index in [1.165, 1.54) is 4.31 Å². The van der Waals surface area contributed by atoms with Crippen LogP contribution in [0.2, 0.25) is 0 Å². The molecule has 1 atom stereocenters. The molecule has 2 rings (SSSR count). The van der Waals surface area contributed by atoms with Gasteiger partial charge in [-0.2, -0.15) is 0 Å². The van der Waals surface area contributed by atoms with Crippen molar-refractivity contribution in [2.24, 2.45) is 0 Å². The summed E-state index contributed by atoms with van der Waals surface area (Å²) in [5.41, 5.74) is 4.36. The molecule has 0 spiro atoms. The zero-order valence-electron chi connectivity index (χ0n) is 16.6. The molecule has 27 heavy (non-hydrogen) atoms. The maximum absolute atomic E-state index is 12.7. The van der Waals surface area contributed by atoms with Gasteiger partial charge in [0.2, 0.25) is 15.9 Å². The number of sulfonamides is 1. The Bertz CT molecular complexity index is 885. The van der Waals surface area contributed by atoms with Gasteiger partial charge in [-0.15, -0.1) is 0 Å². The second-order valence-electron chi connectivity index (χ2n) is 6.95. The summed E-state index contributed by atoms with van der Waals surface area (Å²) in [6.45, 7) is 7.45. The summed E-state index contributed by atoms with van der Waals surface area (Å²) in [5, 5.41) is 2.97. The molecule has 0 aliphatic carbocycles. The number of amides is 1. The monoisotopic (exact) mass is 388 g/mol. The third kappa shape index (κ3) is 5.32. The van der Waals surface area contributed by atoms with Gasteiger partial charge in [-0.25, -0.2) is 8.42 Å². The quantitative estimate of drug-likeness (QED) is 0.787. The van der Waals surface area contributed by atoms with Crippen molar-refractivity contribution in [3.8, 4) is 0 Å². The molecule has 0 saturated carbocycles. The van der Waals surface area contributed by atoms with Crippen LogP contribution in [0.25, 0.3) is 0 Å². The van der Waals surface area contributed by atoms with Crippen LogP contribution in [0.15, 0.2) is 42.5 Å². The molecule has 0 fully saturated rings. The van der Waals surface area contributed by atoms with Crippen LogP contribution in [0, 0.1) is 20.8 Å². The van der Waals surface area contributed by atoms with E-state index in [1.807, 2.05) is 70.2 Å². The Labute approximate surface area is 162 Å². The number of aryl methyl sites for hydroxylation is 3. The lowest BCUT2D eigenvalue weighted by atomic mass is 10.0. The lowest BCUT2D eigenvalue weighted by Crippen LogP contribution is -2.42. The predicted molar refractivity (Wildman–Crippen MR) is 110 cm³/mol. The molecule has 6 heteroatoms. The number of benzene rings is 2. The highest BCUT2D eigenvalue weighted by Gasteiger charge is 2.25. The Morgan fingerprint density at radius 2 is 1.59 bits per heavy atom. The highest BCUT2D eigenvalue weighted by molar-refractivity contribution is 7.92. The fourth-order valence-electron chi connectivity index (χ4n) is 3.15. The molecule has 5 nitrogen and oxygen atoms in total. The average molecular weight is 389 g/mol. The molecule has 0 aromatic heterocycles. The van der Waals surface area contributed by atoms with Gasteiger partial charge in [-0.05, 0) is 43.9 Å². The first-order chi connectivity index (χ1) is 12.6. The predicted octanol–water partition coefficient (Wildman–Crippen LogP) is 3.65. The Kier molecular flexibility index (Phi) is 6.65. The molecule has 0 aliphatic rings. The highest BCUT2D eigenvalue weighted by Crippen LogP contribution is 2.26. The maximum atomic E-state index is 12.7. The van der Waals surface area contributed by atoms with E-state index in [0.717, 1.165) is 34.9 Å². The summed E-state index contributed by atoms with van der Waals surface area (Å²) in [6, 6.07) is 13.4. The third-order valence-electron chi connectivity index (χ3n) is 4.60. The van der Waals surface area contributed by atoms with Crippen molar-refractivity contribution in [3.63, 3.8) is 0 Å². The standard InChI is InChI=1S/C21H28N2O3S/c1-6-19(18-12-10-15(2)11-13-18)22-20(24)14-23(27(5,25)26)21-16(3)8-7-9-17(21)4/h7-13,19H,6,14H2,1-5H3,(H,22,24)/t19-/m1/s1. The smallest absolute Gasteiger partial charge is 0.241 e. The number of nitrogens with zero attached hydrogens (tertiary/aromatic N) is 1. The van der Waals surface area contributed by atoms with Crippen molar-refractivity contribution in [2.75, 3.05) is 17.1 Å². The van der Waals surface area contributed by atoms with E-state index in [4.69, 9.17) is 0 Å². The topological polar surface area (TPSA) is 66.5 Å². The molecule has 0 saturated heterocycles. The average Bonchev–Trinajstić information content (AvgIpc) is 2.58. The molecule has 0 unspecified atom stereocenters. The number of rotatable bonds is 7. The largest absolute Gasteiger partial charge is 0.348 e. The van der Waals surface area contributed by atoms with Crippen molar-refractivity contribution in [1.29, 1.82) is 0 Å². The molecule has 2 aromatic rings. The van der Waals surface area contributed by atoms with E-state index in [-0.39, 0.29) is 18.5 Å². The van der Waals surface area contributed by atoms with E-state index in [0.29, 0.717) is 5.69 Å². The van der Waals surface area contributed by atoms with Crippen molar-refractivity contribution >= 4 is 21.6 Å². The van der Waals surface area contributed by atoms with Crippen LogP contribution >= 0.6 is 0 Å². The van der Waals surface area contributed by atoms with Gasteiger partial charge in [-0.3, -0.25) is 9.10 Å². The first-order valence-electron chi connectivity index (χ1n) is 9.03. The molecule has 1 amide bonds. The van der Waals surface area contributed by atoms with Crippen LogP contribution < -0.4 is 9.62 Å². The molecular weight excluding hydrogens is 360 g/mol. The number of carbonyl (C=O) groups excluding carboxylic acids is 1. The first kappa shape index (κ1) is 21.0. The van der Waals surface area contributed by atoms with Gasteiger partial charge in [0, 0.05) is 0 Å². The second-order valence-corrected chi connectivity index (χ2v) is 8.86. The van der Waals surface area contributed by atoms with Crippen molar-refractivity contribution in [2.45, 2.75) is 40.2 Å². The Morgan fingerprint density at radius 1 is 1.04 bits per heavy atom. The number of anilines is 1. The molecule has 0 aliphatic heterocycles. The zero-order valence-corrected chi connectivity index (χ0v) is 17.4. The molecular formula is C21H28N2O3S. The van der Waals surface area contributed by atoms with Gasteiger partial charge >= 0.3 is 0 Å². The van der Waals surface area contributed by atoms with Crippen LogP contribution in [0.3, 0.4) is 0 Å². The Balaban J connectivity index is 2.25. The van der Waals surface area contributed by atoms with E-state index in [1.54, 1.807) is 0 Å². The number of nitrogens with one attached hydrogen (secondary N) is 1. The molecule has 0 heterocycles. The van der Waals surface area contributed by atoms with E-state index in [9.17, 15) is 13.2 Å². The second kappa shape index (κ2) is 8.57. The summed E-state index contributed by atoms with van der Waals surface area (Å²) >= 11 is 0. The minimum atomic E-state index is -3.60. The molecule has 2 aromatic carbocycles. The first-order valence-corrected chi connectivity index (χ1v) is 10.9. The fourth-order valence-corrected chi connectivity index (χ4v) is 4.12. The van der Waals surface area contributed by atoms with Crippen LogP contribution in [-0.4, -0.2) is 27.1 Å². The summed E-state index contributed by atoms with van der Waals surface area (Å²) in [4.78, 5) is 12.7. The van der Waals surface area contributed by atoms with Crippen molar-refractivity contribution in [1.82, 2.24) is 5.32 Å². The lowest BCUT2D eigenvalue weighted by molar-refractivity contribution is -0.120. The van der Waals surface area contributed by atoms with Gasteiger partial charge in [0.1, 0.15) is 6.54 Å². The van der Waals surface area contributed by atoms with Crippen molar-refractivity contribution in [3.05, 3.63) is 64.7 Å². The maximum Gasteiger partial charge on any atom is 0.241 e. The van der Waals surface area contributed by atoms with Crippen LogP contribution in [0.1, 0.15) is 41.6 Å². The van der Waals surface area contributed by atoms with Gasteiger partial charge in [0.25, 0.3) is 0 Å². The van der Waals surface area contributed by atoms with Crippen LogP contribution in [-0.2, 0) is 14.8 Å². The summed E-state index contributed by atoms with van der Waals surface area (Å²) in [7, 11) is -3.60. The third-order valence-corrected chi connectivity index (χ3v) is 5.71. The normalized spacial score (nSPS) is 12.5. The fraction of sp³-hybridized carbons (Fsp3) is 0.381. The number of para-hydroxylation sites is 1. The van der Waals surface area contributed by atoms with Gasteiger partial charge < -0.3 is 5.32 Å². The Hall–Kier alpha value is -2.34. The molecule has 0 bridgehead atoms. The van der Waals surface area contributed by atoms with E-state index < -0.39 is 10.0 Å². The van der Waals surface area contributed by atoms with Gasteiger partial charge in [0.15, 0.2) is 0 Å². The minimum absolute atomic E-state index is 0.155. The number of hydrogen-bond acceptors (Lipinski definition) is 3. The van der Waals surface area contributed by atoms with Crippen LogP contribution in [0.5, 0.6) is 0 Å². The number of hydrogen-bond donors (Lipinski definition) is 1. The minimum Gasteiger partial charge on any atom is -0.348 e. The van der Waals surface area contributed by atoms with E-state index >= 15 is 0 Å². The number of carbonyl (C=O) groups is 1. The van der Waals surface area contributed by atoms with Gasteiger partial charge in [-0.1, -0.05) is 55.0 Å². The highest BCUT2D eigenvalue weighted by atomic mass is 32.2. The van der Waals surface area contributed by atoms with Gasteiger partial charge in [0.05, 0.1) is 18.0 Å². The van der Waals surface area contributed by atoms with Crippen molar-refractivity contribution < 1.29 is 13.2 Å². The summed E-state index contributed by atoms with van der Waals surface area (Å²) < 4.78 is 26.0. The van der Waals surface area contributed by atoms with E-state index in [2.05, 4.69) is 5.32 Å².